The van der Waals surface area contributed by atoms with Gasteiger partial charge in [-0.25, -0.2) is 14.4 Å². The van der Waals surface area contributed by atoms with Crippen LogP contribution >= 0.6 is 0 Å². The Hall–Kier alpha value is -3.92. The summed E-state index contributed by atoms with van der Waals surface area (Å²) in [5.41, 5.74) is 1.89. The lowest BCUT2D eigenvalue weighted by Gasteiger charge is -2.27. The van der Waals surface area contributed by atoms with Crippen molar-refractivity contribution < 1.29 is 13.9 Å². The number of ether oxygens (including phenoxy) is 2. The van der Waals surface area contributed by atoms with Crippen LogP contribution in [0.2, 0.25) is 0 Å². The highest BCUT2D eigenvalue weighted by Gasteiger charge is 2.25. The van der Waals surface area contributed by atoms with Gasteiger partial charge in [-0.3, -0.25) is 4.79 Å². The zero-order valence-corrected chi connectivity index (χ0v) is 17.9. The first-order valence-electron chi connectivity index (χ1n) is 10.6. The van der Waals surface area contributed by atoms with E-state index in [0.29, 0.717) is 49.1 Å². The molecule has 0 radical (unpaired) electrons. The first-order chi connectivity index (χ1) is 16.1. The smallest absolute Gasteiger partial charge is 0.259 e. The predicted molar refractivity (Wildman–Crippen MR) is 123 cm³/mol. The highest BCUT2D eigenvalue weighted by molar-refractivity contribution is 5.83. The van der Waals surface area contributed by atoms with Gasteiger partial charge in [-0.2, -0.15) is 0 Å². The Kier molecular flexibility index (Phi) is 5.66. The Labute approximate surface area is 188 Å². The van der Waals surface area contributed by atoms with Crippen molar-refractivity contribution in [1.82, 2.24) is 19.9 Å². The van der Waals surface area contributed by atoms with Gasteiger partial charge in [0.2, 0.25) is 5.75 Å². The van der Waals surface area contributed by atoms with Crippen LogP contribution in [0, 0.1) is 5.82 Å². The fourth-order valence-corrected chi connectivity index (χ4v) is 3.91. The number of aromatic amines is 2. The highest BCUT2D eigenvalue weighted by Crippen LogP contribution is 2.35. The van der Waals surface area contributed by atoms with E-state index in [9.17, 15) is 9.18 Å². The van der Waals surface area contributed by atoms with Crippen molar-refractivity contribution in [3.05, 3.63) is 64.5 Å². The molecular formula is C23H23FN6O3. The van der Waals surface area contributed by atoms with E-state index in [4.69, 9.17) is 9.47 Å². The van der Waals surface area contributed by atoms with E-state index in [0.717, 1.165) is 16.5 Å². The number of hydrogen-bond acceptors (Lipinski definition) is 7. The van der Waals surface area contributed by atoms with Gasteiger partial charge in [0.1, 0.15) is 12.4 Å². The second kappa shape index (κ2) is 8.91. The van der Waals surface area contributed by atoms with E-state index in [1.807, 2.05) is 6.20 Å². The quantitative estimate of drug-likeness (QED) is 0.342. The largest absolute Gasteiger partial charge is 0.484 e. The molecule has 33 heavy (non-hydrogen) atoms. The van der Waals surface area contributed by atoms with E-state index >= 15 is 0 Å². The Morgan fingerprint density at radius 1 is 1.27 bits per heavy atom. The van der Waals surface area contributed by atoms with Crippen LogP contribution < -0.4 is 20.9 Å². The number of nitrogens with one attached hydrogen (secondary N) is 4. The normalized spacial score (nSPS) is 15.0. The molecule has 1 aliphatic heterocycles. The van der Waals surface area contributed by atoms with Crippen LogP contribution in [0.4, 0.5) is 16.0 Å². The zero-order chi connectivity index (χ0) is 22.8. The maximum absolute atomic E-state index is 13.5. The second-order valence-corrected chi connectivity index (χ2v) is 7.77. The summed E-state index contributed by atoms with van der Waals surface area (Å²) >= 11 is 0. The maximum Gasteiger partial charge on any atom is 0.259 e. The molecule has 4 aromatic rings. The first-order valence-corrected chi connectivity index (χ1v) is 10.6. The number of nitrogens with zero attached hydrogens (tertiary/aromatic N) is 2. The number of anilines is 2. The molecule has 5 rings (SSSR count). The lowest BCUT2D eigenvalue weighted by Crippen LogP contribution is -2.36. The van der Waals surface area contributed by atoms with Gasteiger partial charge in [-0.05, 0) is 42.3 Å². The lowest BCUT2D eigenvalue weighted by molar-refractivity contribution is 0.154. The number of benzene rings is 1. The third-order valence-corrected chi connectivity index (χ3v) is 5.48. The number of hydrogen-bond donors (Lipinski definition) is 4. The molecule has 0 spiro atoms. The van der Waals surface area contributed by atoms with Gasteiger partial charge in [-0.1, -0.05) is 0 Å². The molecular weight excluding hydrogens is 427 g/mol. The third kappa shape index (κ3) is 4.24. The second-order valence-electron chi connectivity index (χ2n) is 7.77. The standard InChI is InChI=1S/C23H23FN6O3/c1-32-11-15-12-33-19-21(25-8-6-13-10-27-18-9-14(24)4-5-16(13)18)29-20(30-22(19)28-15)17-3-2-7-26-23(17)31/h2-5,7,9-10,15,27H,6,8,11-12H2,1H3,(H,26,31)(H2,25,28,29,30)/t15-/m1/s1. The summed E-state index contributed by atoms with van der Waals surface area (Å²) in [4.78, 5) is 27.2. The summed E-state index contributed by atoms with van der Waals surface area (Å²) in [5, 5.41) is 7.60. The Balaban J connectivity index is 1.43. The third-order valence-electron chi connectivity index (χ3n) is 5.48. The number of aromatic nitrogens is 4. The highest BCUT2D eigenvalue weighted by atomic mass is 19.1. The van der Waals surface area contributed by atoms with Crippen LogP contribution in [0.5, 0.6) is 5.75 Å². The van der Waals surface area contributed by atoms with E-state index in [-0.39, 0.29) is 23.2 Å². The molecule has 0 saturated heterocycles. The summed E-state index contributed by atoms with van der Waals surface area (Å²) in [6.07, 6.45) is 4.11. The molecule has 4 N–H and O–H groups in total. The average Bonchev–Trinajstić information content (AvgIpc) is 3.21. The van der Waals surface area contributed by atoms with Crippen molar-refractivity contribution >= 4 is 22.5 Å². The summed E-state index contributed by atoms with van der Waals surface area (Å²) in [7, 11) is 1.62. The molecule has 0 bridgehead atoms. The summed E-state index contributed by atoms with van der Waals surface area (Å²) in [5.74, 6) is 1.50. The number of halogens is 1. The van der Waals surface area contributed by atoms with E-state index in [2.05, 4.69) is 30.6 Å². The van der Waals surface area contributed by atoms with Crippen molar-refractivity contribution in [2.45, 2.75) is 12.5 Å². The van der Waals surface area contributed by atoms with Crippen LogP contribution in [-0.4, -0.2) is 52.8 Å². The van der Waals surface area contributed by atoms with Crippen molar-refractivity contribution in [3.63, 3.8) is 0 Å². The molecule has 3 aromatic heterocycles. The van der Waals surface area contributed by atoms with Crippen molar-refractivity contribution in [3.8, 4) is 17.1 Å². The monoisotopic (exact) mass is 450 g/mol. The minimum atomic E-state index is -0.278. The first kappa shape index (κ1) is 21.0. The van der Waals surface area contributed by atoms with Crippen LogP contribution in [0.3, 0.4) is 0 Å². The van der Waals surface area contributed by atoms with Crippen LogP contribution in [0.25, 0.3) is 22.3 Å². The van der Waals surface area contributed by atoms with Crippen molar-refractivity contribution in [2.24, 2.45) is 0 Å². The lowest BCUT2D eigenvalue weighted by atomic mass is 10.1. The fraction of sp³-hybridized carbons (Fsp3) is 0.261. The molecule has 0 saturated carbocycles. The summed E-state index contributed by atoms with van der Waals surface area (Å²) in [6.45, 7) is 1.40. The molecule has 0 aliphatic carbocycles. The van der Waals surface area contributed by atoms with Gasteiger partial charge in [0, 0.05) is 37.0 Å². The SMILES string of the molecule is COC[C@@H]1COc2c(NCCc3c[nH]c4cc(F)ccc34)nc(-c3ccc[nH]c3=O)nc2N1. The van der Waals surface area contributed by atoms with E-state index < -0.39 is 0 Å². The Morgan fingerprint density at radius 2 is 2.18 bits per heavy atom. The maximum atomic E-state index is 13.5. The molecule has 0 amide bonds. The predicted octanol–water partition coefficient (Wildman–Crippen LogP) is 2.93. The van der Waals surface area contributed by atoms with Gasteiger partial charge in [0.05, 0.1) is 18.2 Å². The molecule has 1 atom stereocenters. The minimum absolute atomic E-state index is 0.0706. The molecule has 10 heteroatoms. The molecule has 170 valence electrons. The van der Waals surface area contributed by atoms with Crippen molar-refractivity contribution in [1.29, 1.82) is 0 Å². The zero-order valence-electron chi connectivity index (χ0n) is 17.9. The number of rotatable bonds is 7. The number of pyridine rings is 1. The minimum Gasteiger partial charge on any atom is -0.484 e. The van der Waals surface area contributed by atoms with Gasteiger partial charge in [0.15, 0.2) is 17.5 Å². The van der Waals surface area contributed by atoms with Gasteiger partial charge in [-0.15, -0.1) is 0 Å². The Morgan fingerprint density at radius 3 is 3.03 bits per heavy atom. The summed E-state index contributed by atoms with van der Waals surface area (Å²) < 4.78 is 24.6. The van der Waals surface area contributed by atoms with Gasteiger partial charge < -0.3 is 30.1 Å². The van der Waals surface area contributed by atoms with Gasteiger partial charge >= 0.3 is 0 Å². The van der Waals surface area contributed by atoms with Gasteiger partial charge in [0.25, 0.3) is 5.56 Å². The summed E-state index contributed by atoms with van der Waals surface area (Å²) in [6, 6.07) is 8.03. The number of fused-ring (bicyclic) bond motifs is 2. The number of H-pyrrole nitrogens is 2. The van der Waals surface area contributed by atoms with Crippen molar-refractivity contribution in [2.75, 3.05) is 37.5 Å². The molecule has 0 unspecified atom stereocenters. The molecule has 9 nitrogen and oxygen atoms in total. The number of methoxy groups -OCH3 is 1. The van der Waals surface area contributed by atoms with E-state index in [1.165, 1.54) is 12.1 Å². The topological polar surface area (TPSA) is 117 Å². The van der Waals surface area contributed by atoms with E-state index in [1.54, 1.807) is 31.5 Å². The van der Waals surface area contributed by atoms with Crippen LogP contribution in [0.1, 0.15) is 5.56 Å². The van der Waals surface area contributed by atoms with Crippen LogP contribution in [-0.2, 0) is 11.2 Å². The molecule has 1 aliphatic rings. The fourth-order valence-electron chi connectivity index (χ4n) is 3.91. The average molecular weight is 450 g/mol. The molecule has 1 aromatic carbocycles. The van der Waals surface area contributed by atoms with Crippen LogP contribution in [0.15, 0.2) is 47.5 Å². The Bertz CT molecular complexity index is 1350. The molecule has 4 heterocycles. The molecule has 0 fully saturated rings.